The number of aliphatic carboxylic acids is 1. The van der Waals surface area contributed by atoms with E-state index in [1.807, 2.05) is 30.3 Å². The van der Waals surface area contributed by atoms with Crippen LogP contribution in [0, 0.1) is 5.82 Å². The number of carbonyl (C=O) groups is 2. The Morgan fingerprint density at radius 3 is 2.38 bits per heavy atom. The molecule has 0 aromatic heterocycles. The second-order valence-corrected chi connectivity index (χ2v) is 5.94. The molecule has 0 saturated heterocycles. The minimum atomic E-state index is -0.892. The van der Waals surface area contributed by atoms with Gasteiger partial charge in [-0.05, 0) is 42.7 Å². The first-order valence-corrected chi connectivity index (χ1v) is 8.46. The van der Waals surface area contributed by atoms with E-state index in [1.165, 1.54) is 24.3 Å². The van der Waals surface area contributed by atoms with Crippen molar-refractivity contribution in [3.8, 4) is 5.75 Å². The van der Waals surface area contributed by atoms with Gasteiger partial charge < -0.3 is 15.2 Å². The summed E-state index contributed by atoms with van der Waals surface area (Å²) in [6, 6.07) is 14.9. The molecule has 0 aliphatic carbocycles. The highest BCUT2D eigenvalue weighted by atomic mass is 19.1. The fraction of sp³-hybridized carbons (Fsp3) is 0.300. The highest BCUT2D eigenvalue weighted by Crippen LogP contribution is 2.12. The van der Waals surface area contributed by atoms with Crippen molar-refractivity contribution in [3.05, 3.63) is 66.0 Å². The van der Waals surface area contributed by atoms with Crippen LogP contribution in [0.3, 0.4) is 0 Å². The number of carboxylic acid groups (broad SMARTS) is 1. The fourth-order valence-corrected chi connectivity index (χ4v) is 2.51. The van der Waals surface area contributed by atoms with Gasteiger partial charge >= 0.3 is 5.97 Å². The Morgan fingerprint density at radius 2 is 1.73 bits per heavy atom. The zero-order valence-corrected chi connectivity index (χ0v) is 14.4. The highest BCUT2D eigenvalue weighted by molar-refractivity contribution is 5.76. The zero-order chi connectivity index (χ0) is 18.8. The largest absolute Gasteiger partial charge is 0.493 e. The molecule has 0 aliphatic rings. The van der Waals surface area contributed by atoms with Crippen LogP contribution in [0.25, 0.3) is 0 Å². The van der Waals surface area contributed by atoms with E-state index in [9.17, 15) is 14.0 Å². The Hall–Kier alpha value is -2.89. The lowest BCUT2D eigenvalue weighted by Gasteiger charge is -2.18. The number of nitrogens with one attached hydrogen (secondary N) is 1. The SMILES string of the molecule is O=C(O)CCC(Cc1ccccc1)NC(=O)CCOc1ccc(F)cc1. The third kappa shape index (κ3) is 7.34. The van der Waals surface area contributed by atoms with Gasteiger partial charge in [0.1, 0.15) is 11.6 Å². The number of carboxylic acids is 1. The molecule has 0 radical (unpaired) electrons. The first kappa shape index (κ1) is 19.4. The molecule has 2 N–H and O–H groups in total. The fourth-order valence-electron chi connectivity index (χ4n) is 2.51. The van der Waals surface area contributed by atoms with Gasteiger partial charge in [-0.25, -0.2) is 4.39 Å². The maximum Gasteiger partial charge on any atom is 0.303 e. The van der Waals surface area contributed by atoms with Gasteiger partial charge in [-0.3, -0.25) is 9.59 Å². The van der Waals surface area contributed by atoms with Gasteiger partial charge in [-0.2, -0.15) is 0 Å². The first-order chi connectivity index (χ1) is 12.5. The van der Waals surface area contributed by atoms with Gasteiger partial charge in [0.15, 0.2) is 0 Å². The van der Waals surface area contributed by atoms with Crippen molar-refractivity contribution in [1.82, 2.24) is 5.32 Å². The average molecular weight is 359 g/mol. The van der Waals surface area contributed by atoms with E-state index in [0.29, 0.717) is 18.6 Å². The van der Waals surface area contributed by atoms with Gasteiger partial charge in [0.2, 0.25) is 5.91 Å². The summed E-state index contributed by atoms with van der Waals surface area (Å²) in [6.07, 6.45) is 1.05. The minimum absolute atomic E-state index is 0.0101. The summed E-state index contributed by atoms with van der Waals surface area (Å²) < 4.78 is 18.2. The predicted molar refractivity (Wildman–Crippen MR) is 95.5 cm³/mol. The van der Waals surface area contributed by atoms with Crippen LogP contribution < -0.4 is 10.1 Å². The number of hydrogen-bond acceptors (Lipinski definition) is 3. The molecule has 0 heterocycles. The van der Waals surface area contributed by atoms with Gasteiger partial charge in [0, 0.05) is 12.5 Å². The van der Waals surface area contributed by atoms with Gasteiger partial charge in [0.25, 0.3) is 0 Å². The highest BCUT2D eigenvalue weighted by Gasteiger charge is 2.15. The minimum Gasteiger partial charge on any atom is -0.493 e. The standard InChI is InChI=1S/C20H22FNO4/c21-16-6-9-18(10-7-16)26-13-12-19(23)22-17(8-11-20(24)25)14-15-4-2-1-3-5-15/h1-7,9-10,17H,8,11-14H2,(H,22,23)(H,24,25). The van der Waals surface area contributed by atoms with Crippen molar-refractivity contribution >= 4 is 11.9 Å². The lowest BCUT2D eigenvalue weighted by molar-refractivity contribution is -0.137. The quantitative estimate of drug-likeness (QED) is 0.683. The van der Waals surface area contributed by atoms with E-state index in [-0.39, 0.29) is 37.2 Å². The van der Waals surface area contributed by atoms with Crippen LogP contribution in [0.2, 0.25) is 0 Å². The third-order valence-corrected chi connectivity index (χ3v) is 3.81. The Balaban J connectivity index is 1.82. The molecule has 1 amide bonds. The van der Waals surface area contributed by atoms with Crippen LogP contribution in [-0.4, -0.2) is 29.6 Å². The summed E-state index contributed by atoms with van der Waals surface area (Å²) in [6.45, 7) is 0.161. The number of amides is 1. The van der Waals surface area contributed by atoms with E-state index < -0.39 is 5.97 Å². The molecule has 0 spiro atoms. The Kier molecular flexibility index (Phi) is 7.61. The van der Waals surface area contributed by atoms with E-state index in [4.69, 9.17) is 9.84 Å². The van der Waals surface area contributed by atoms with Crippen LogP contribution in [0.5, 0.6) is 5.75 Å². The maximum atomic E-state index is 12.8. The van der Waals surface area contributed by atoms with Gasteiger partial charge in [0.05, 0.1) is 13.0 Å². The van der Waals surface area contributed by atoms with Crippen molar-refractivity contribution < 1.29 is 23.8 Å². The lowest BCUT2D eigenvalue weighted by atomic mass is 10.0. The number of benzene rings is 2. The normalized spacial score (nSPS) is 11.6. The van der Waals surface area contributed by atoms with Crippen molar-refractivity contribution in [3.63, 3.8) is 0 Å². The van der Waals surface area contributed by atoms with Crippen molar-refractivity contribution in [2.75, 3.05) is 6.61 Å². The third-order valence-electron chi connectivity index (χ3n) is 3.81. The monoisotopic (exact) mass is 359 g/mol. The van der Waals surface area contributed by atoms with E-state index in [0.717, 1.165) is 5.56 Å². The molecule has 0 bridgehead atoms. The molecule has 2 aromatic rings. The molecular formula is C20H22FNO4. The number of rotatable bonds is 10. The van der Waals surface area contributed by atoms with Crippen LogP contribution >= 0.6 is 0 Å². The number of ether oxygens (including phenoxy) is 1. The molecule has 5 nitrogen and oxygen atoms in total. The predicted octanol–water partition coefficient (Wildman–Crippen LogP) is 3.19. The Bertz CT molecular complexity index is 704. The van der Waals surface area contributed by atoms with Gasteiger partial charge in [-0.1, -0.05) is 30.3 Å². The molecule has 1 unspecified atom stereocenters. The first-order valence-electron chi connectivity index (χ1n) is 8.46. The summed E-state index contributed by atoms with van der Waals surface area (Å²) in [5, 5.41) is 11.8. The molecule has 2 aromatic carbocycles. The summed E-state index contributed by atoms with van der Waals surface area (Å²) in [4.78, 5) is 23.0. The molecule has 2 rings (SSSR count). The molecular weight excluding hydrogens is 337 g/mol. The molecule has 0 fully saturated rings. The summed E-state index contributed by atoms with van der Waals surface area (Å²) in [5.41, 5.74) is 1.03. The number of halogens is 1. The Labute approximate surface area is 151 Å². The second kappa shape index (κ2) is 10.2. The van der Waals surface area contributed by atoms with Crippen molar-refractivity contribution in [2.45, 2.75) is 31.7 Å². The van der Waals surface area contributed by atoms with E-state index >= 15 is 0 Å². The van der Waals surface area contributed by atoms with E-state index in [1.54, 1.807) is 0 Å². The lowest BCUT2D eigenvalue weighted by Crippen LogP contribution is -2.37. The second-order valence-electron chi connectivity index (χ2n) is 5.94. The summed E-state index contributed by atoms with van der Waals surface area (Å²) in [7, 11) is 0. The van der Waals surface area contributed by atoms with Crippen LogP contribution in [-0.2, 0) is 16.0 Å². The smallest absolute Gasteiger partial charge is 0.303 e. The summed E-state index contributed by atoms with van der Waals surface area (Å²) >= 11 is 0. The van der Waals surface area contributed by atoms with Crippen molar-refractivity contribution in [2.24, 2.45) is 0 Å². The molecule has 0 aliphatic heterocycles. The van der Waals surface area contributed by atoms with E-state index in [2.05, 4.69) is 5.32 Å². The number of hydrogen-bond donors (Lipinski definition) is 2. The van der Waals surface area contributed by atoms with Crippen LogP contribution in [0.4, 0.5) is 4.39 Å². The zero-order valence-electron chi connectivity index (χ0n) is 14.4. The molecule has 138 valence electrons. The average Bonchev–Trinajstić information content (AvgIpc) is 2.62. The Morgan fingerprint density at radius 1 is 1.04 bits per heavy atom. The van der Waals surface area contributed by atoms with Crippen LogP contribution in [0.15, 0.2) is 54.6 Å². The maximum absolute atomic E-state index is 12.8. The summed E-state index contributed by atoms with van der Waals surface area (Å²) in [5.74, 6) is -0.960. The number of carbonyl (C=O) groups excluding carboxylic acids is 1. The van der Waals surface area contributed by atoms with Crippen molar-refractivity contribution in [1.29, 1.82) is 0 Å². The molecule has 6 heteroatoms. The topological polar surface area (TPSA) is 75.6 Å². The van der Waals surface area contributed by atoms with Crippen LogP contribution in [0.1, 0.15) is 24.8 Å². The molecule has 0 saturated carbocycles. The van der Waals surface area contributed by atoms with Gasteiger partial charge in [-0.15, -0.1) is 0 Å². The molecule has 26 heavy (non-hydrogen) atoms. The molecule has 1 atom stereocenters.